The first-order valence-corrected chi connectivity index (χ1v) is 14.3. The van der Waals surface area contributed by atoms with Crippen molar-refractivity contribution in [3.05, 3.63) is 82.4 Å². The molecular weight excluding hydrogens is 517 g/mol. The van der Waals surface area contributed by atoms with E-state index < -0.39 is 0 Å². The number of hydrogen-bond acceptors (Lipinski definition) is 6. The molecule has 1 aliphatic rings. The number of halogens is 1. The fourth-order valence-electron chi connectivity index (χ4n) is 5.33. The zero-order chi connectivity index (χ0) is 29.7. The number of ether oxygens (including phenoxy) is 1. The molecule has 1 saturated heterocycles. The van der Waals surface area contributed by atoms with Gasteiger partial charge in [0.05, 0.1) is 24.8 Å². The third-order valence-electron chi connectivity index (χ3n) is 7.69. The van der Waals surface area contributed by atoms with Crippen LogP contribution in [0.5, 0.6) is 0 Å². The van der Waals surface area contributed by atoms with Crippen LogP contribution in [0.1, 0.15) is 68.6 Å². The van der Waals surface area contributed by atoms with E-state index in [-0.39, 0.29) is 29.7 Å². The summed E-state index contributed by atoms with van der Waals surface area (Å²) in [5.74, 6) is 5.84. The number of nitrogens with two attached hydrogens (primary N) is 1. The minimum absolute atomic E-state index is 0.175. The molecule has 1 fully saturated rings. The first-order valence-electron chi connectivity index (χ1n) is 14.3. The Labute approximate surface area is 243 Å². The topological polar surface area (TPSA) is 92.8 Å². The Hall–Kier alpha value is -3.78. The summed E-state index contributed by atoms with van der Waals surface area (Å²) in [5.41, 5.74) is 10.5. The smallest absolute Gasteiger partial charge is 0.310 e. The molecule has 0 bridgehead atoms. The first-order chi connectivity index (χ1) is 19.5. The molecule has 3 N–H and O–H groups in total. The third kappa shape index (κ3) is 7.50. The van der Waals surface area contributed by atoms with Crippen LogP contribution < -0.4 is 16.2 Å². The SMILES string of the molecule is Cc1nc(C)c(-c2ccc(C(=NCc3ccc(F)cc3)NN)cc2)c(N2CCC(C)(C)CC2)c1CC(=O)OC(C)C. The van der Waals surface area contributed by atoms with E-state index in [0.29, 0.717) is 12.4 Å². The van der Waals surface area contributed by atoms with Crippen LogP contribution in [0.15, 0.2) is 53.5 Å². The Kier molecular flexibility index (Phi) is 9.43. The van der Waals surface area contributed by atoms with Crippen LogP contribution in [-0.2, 0) is 22.5 Å². The third-order valence-corrected chi connectivity index (χ3v) is 7.69. The van der Waals surface area contributed by atoms with Gasteiger partial charge < -0.3 is 15.1 Å². The van der Waals surface area contributed by atoms with Crippen molar-refractivity contribution >= 4 is 17.5 Å². The monoisotopic (exact) mass is 559 g/mol. The number of hydrazine groups is 1. The van der Waals surface area contributed by atoms with Gasteiger partial charge in [-0.1, -0.05) is 50.2 Å². The van der Waals surface area contributed by atoms with Gasteiger partial charge in [0, 0.05) is 41.2 Å². The summed E-state index contributed by atoms with van der Waals surface area (Å²) in [6.45, 7) is 14.6. The number of pyridine rings is 1. The van der Waals surface area contributed by atoms with Crippen molar-refractivity contribution in [2.75, 3.05) is 18.0 Å². The summed E-state index contributed by atoms with van der Waals surface area (Å²) in [6, 6.07) is 14.3. The normalized spacial score (nSPS) is 15.2. The average molecular weight is 560 g/mol. The summed E-state index contributed by atoms with van der Waals surface area (Å²) in [7, 11) is 0. The van der Waals surface area contributed by atoms with Crippen molar-refractivity contribution in [3.8, 4) is 11.1 Å². The van der Waals surface area contributed by atoms with E-state index in [4.69, 9.17) is 15.6 Å². The Morgan fingerprint density at radius 2 is 1.71 bits per heavy atom. The summed E-state index contributed by atoms with van der Waals surface area (Å²) < 4.78 is 18.8. The van der Waals surface area contributed by atoms with Gasteiger partial charge >= 0.3 is 5.97 Å². The summed E-state index contributed by atoms with van der Waals surface area (Å²) >= 11 is 0. The van der Waals surface area contributed by atoms with Gasteiger partial charge in [0.15, 0.2) is 0 Å². The molecule has 2 aromatic carbocycles. The van der Waals surface area contributed by atoms with Crippen molar-refractivity contribution in [2.45, 2.75) is 73.5 Å². The molecule has 7 nitrogen and oxygen atoms in total. The highest BCUT2D eigenvalue weighted by atomic mass is 19.1. The molecule has 8 heteroatoms. The molecule has 3 aromatic rings. The predicted octanol–water partition coefficient (Wildman–Crippen LogP) is 6.04. The van der Waals surface area contributed by atoms with E-state index in [1.165, 1.54) is 12.1 Å². The number of hydrogen-bond donors (Lipinski definition) is 2. The number of piperidine rings is 1. The molecule has 2 heterocycles. The molecule has 1 aliphatic heterocycles. The van der Waals surface area contributed by atoms with Crippen LogP contribution in [0.3, 0.4) is 0 Å². The van der Waals surface area contributed by atoms with Crippen LogP contribution in [0.25, 0.3) is 11.1 Å². The number of carbonyl (C=O) groups is 1. The molecule has 0 aliphatic carbocycles. The van der Waals surface area contributed by atoms with E-state index in [1.807, 2.05) is 52.0 Å². The number of carbonyl (C=O) groups excluding carboxylic acids is 1. The van der Waals surface area contributed by atoms with Crippen LogP contribution in [0.4, 0.5) is 10.1 Å². The number of nitrogens with zero attached hydrogens (tertiary/aromatic N) is 3. The van der Waals surface area contributed by atoms with Gasteiger partial charge in [-0.15, -0.1) is 0 Å². The lowest BCUT2D eigenvalue weighted by molar-refractivity contribution is -0.146. The number of anilines is 1. The Morgan fingerprint density at radius 3 is 2.29 bits per heavy atom. The second-order valence-electron chi connectivity index (χ2n) is 11.9. The van der Waals surface area contributed by atoms with E-state index in [1.54, 1.807) is 12.1 Å². The van der Waals surface area contributed by atoms with Gasteiger partial charge in [0.1, 0.15) is 11.7 Å². The van der Waals surface area contributed by atoms with Crippen molar-refractivity contribution in [2.24, 2.45) is 16.3 Å². The lowest BCUT2D eigenvalue weighted by Gasteiger charge is -2.40. The van der Waals surface area contributed by atoms with E-state index in [2.05, 4.69) is 29.2 Å². The largest absolute Gasteiger partial charge is 0.463 e. The molecule has 1 aromatic heterocycles. The molecule has 0 atom stereocenters. The van der Waals surface area contributed by atoms with E-state index in [0.717, 1.165) is 70.8 Å². The van der Waals surface area contributed by atoms with E-state index >= 15 is 0 Å². The molecule has 0 amide bonds. The minimum Gasteiger partial charge on any atom is -0.463 e. The second-order valence-corrected chi connectivity index (χ2v) is 11.9. The summed E-state index contributed by atoms with van der Waals surface area (Å²) in [4.78, 5) is 24.8. The molecule has 0 unspecified atom stereocenters. The molecular formula is C33H42FN5O2. The second kappa shape index (κ2) is 12.8. The lowest BCUT2D eigenvalue weighted by atomic mass is 9.82. The number of amidine groups is 1. The van der Waals surface area contributed by atoms with Gasteiger partial charge in [-0.3, -0.25) is 14.8 Å². The number of aryl methyl sites for hydroxylation is 2. The number of benzene rings is 2. The summed E-state index contributed by atoms with van der Waals surface area (Å²) in [5, 5.41) is 0. The van der Waals surface area contributed by atoms with Crippen molar-refractivity contribution in [3.63, 3.8) is 0 Å². The highest BCUT2D eigenvalue weighted by Gasteiger charge is 2.30. The Bertz CT molecular complexity index is 1390. The van der Waals surface area contributed by atoms with Gasteiger partial charge in [-0.2, -0.15) is 0 Å². The highest BCUT2D eigenvalue weighted by molar-refractivity contribution is 5.99. The number of esters is 1. The van der Waals surface area contributed by atoms with Gasteiger partial charge in [-0.25, -0.2) is 10.2 Å². The van der Waals surface area contributed by atoms with E-state index in [9.17, 15) is 9.18 Å². The van der Waals surface area contributed by atoms with Crippen LogP contribution >= 0.6 is 0 Å². The zero-order valence-corrected chi connectivity index (χ0v) is 25.1. The van der Waals surface area contributed by atoms with Crippen molar-refractivity contribution in [1.82, 2.24) is 10.4 Å². The number of nitrogens with one attached hydrogen (secondary N) is 1. The molecule has 218 valence electrons. The molecule has 41 heavy (non-hydrogen) atoms. The average Bonchev–Trinajstić information content (AvgIpc) is 2.91. The lowest BCUT2D eigenvalue weighted by Crippen LogP contribution is -2.38. The first kappa shape index (κ1) is 30.2. The number of aromatic nitrogens is 1. The Balaban J connectivity index is 1.72. The number of aliphatic imine (C=N–C) groups is 1. The van der Waals surface area contributed by atoms with Crippen LogP contribution in [-0.4, -0.2) is 36.0 Å². The molecule has 0 radical (unpaired) electrons. The highest BCUT2D eigenvalue weighted by Crippen LogP contribution is 2.41. The fraction of sp³-hybridized carbons (Fsp3) is 0.424. The van der Waals surface area contributed by atoms with Gasteiger partial charge in [0.25, 0.3) is 0 Å². The van der Waals surface area contributed by atoms with Crippen molar-refractivity contribution < 1.29 is 13.9 Å². The van der Waals surface area contributed by atoms with Crippen LogP contribution in [0.2, 0.25) is 0 Å². The standard InChI is InChI=1S/C33H42FN5O2/c1-21(2)41-29(40)19-28-22(3)37-23(4)30(31(28)39-17-15-33(5,6)16-18-39)25-9-11-26(12-10-25)32(38-35)36-20-24-7-13-27(34)14-8-24/h7-14,21H,15-20,35H2,1-6H3,(H,36,38). The van der Waals surface area contributed by atoms with Gasteiger partial charge in [0.2, 0.25) is 0 Å². The minimum atomic E-state index is -0.279. The summed E-state index contributed by atoms with van der Waals surface area (Å²) in [6.07, 6.45) is 2.13. The maximum atomic E-state index is 13.3. The van der Waals surface area contributed by atoms with Crippen LogP contribution in [0, 0.1) is 25.1 Å². The van der Waals surface area contributed by atoms with Crippen molar-refractivity contribution in [1.29, 1.82) is 0 Å². The quantitative estimate of drug-likeness (QED) is 0.115. The predicted molar refractivity (Wildman–Crippen MR) is 163 cm³/mol. The maximum Gasteiger partial charge on any atom is 0.310 e. The molecule has 0 saturated carbocycles. The fourth-order valence-corrected chi connectivity index (χ4v) is 5.33. The molecule has 0 spiro atoms. The molecule has 4 rings (SSSR count). The Morgan fingerprint density at radius 1 is 1.07 bits per heavy atom. The zero-order valence-electron chi connectivity index (χ0n) is 25.1. The maximum absolute atomic E-state index is 13.3. The van der Waals surface area contributed by atoms with Gasteiger partial charge in [-0.05, 0) is 69.2 Å². The number of rotatable bonds is 8.